The minimum Gasteiger partial charge on any atom is -0.352 e. The van der Waals surface area contributed by atoms with Gasteiger partial charge in [-0.05, 0) is 92.3 Å². The molecule has 47 heavy (non-hydrogen) atoms. The molecule has 4 aromatic rings. The van der Waals surface area contributed by atoms with Gasteiger partial charge in [0.15, 0.2) is 0 Å². The lowest BCUT2D eigenvalue weighted by atomic mass is 10.0. The van der Waals surface area contributed by atoms with E-state index in [1.165, 1.54) is 29.2 Å². The molecule has 0 heterocycles. The van der Waals surface area contributed by atoms with E-state index in [0.29, 0.717) is 11.3 Å². The maximum atomic E-state index is 14.6. The van der Waals surface area contributed by atoms with Crippen molar-refractivity contribution in [3.63, 3.8) is 0 Å². The summed E-state index contributed by atoms with van der Waals surface area (Å²) in [6.07, 6.45) is 4.00. The monoisotopic (exact) mass is 655 g/mol. The van der Waals surface area contributed by atoms with Crippen molar-refractivity contribution in [2.45, 2.75) is 76.4 Å². The summed E-state index contributed by atoms with van der Waals surface area (Å²) in [7, 11) is -4.20. The van der Waals surface area contributed by atoms with E-state index in [1.807, 2.05) is 57.2 Å². The Balaban J connectivity index is 1.58. The van der Waals surface area contributed by atoms with E-state index in [0.717, 1.165) is 52.2 Å². The van der Waals surface area contributed by atoms with Crippen molar-refractivity contribution >= 4 is 27.5 Å². The normalized spacial score (nSPS) is 14.0. The molecule has 1 N–H and O–H groups in total. The first-order chi connectivity index (χ1) is 22.5. The predicted octanol–water partition coefficient (Wildman–Crippen LogP) is 6.65. The van der Waals surface area contributed by atoms with Crippen molar-refractivity contribution in [2.24, 2.45) is 0 Å². The quantitative estimate of drug-likeness (QED) is 0.185. The van der Waals surface area contributed by atoms with Crippen LogP contribution in [0.25, 0.3) is 0 Å². The molecule has 1 unspecified atom stereocenters. The van der Waals surface area contributed by atoms with Gasteiger partial charge in [0.2, 0.25) is 11.8 Å². The molecule has 2 amide bonds. The maximum absolute atomic E-state index is 14.6. The zero-order chi connectivity index (χ0) is 33.6. The van der Waals surface area contributed by atoms with Gasteiger partial charge >= 0.3 is 0 Å². The van der Waals surface area contributed by atoms with Gasteiger partial charge in [0.25, 0.3) is 10.0 Å². The molecule has 1 aliphatic carbocycles. The van der Waals surface area contributed by atoms with E-state index in [9.17, 15) is 22.4 Å². The fourth-order valence-corrected chi connectivity index (χ4v) is 7.57. The fraction of sp³-hybridized carbons (Fsp3) is 0.316. The van der Waals surface area contributed by atoms with Gasteiger partial charge in [0.1, 0.15) is 18.4 Å². The van der Waals surface area contributed by atoms with Gasteiger partial charge in [0.05, 0.1) is 10.6 Å². The van der Waals surface area contributed by atoms with E-state index < -0.39 is 34.3 Å². The van der Waals surface area contributed by atoms with Crippen molar-refractivity contribution in [1.29, 1.82) is 0 Å². The van der Waals surface area contributed by atoms with Crippen molar-refractivity contribution in [3.05, 3.63) is 131 Å². The van der Waals surface area contributed by atoms with E-state index in [4.69, 9.17) is 0 Å². The van der Waals surface area contributed by atoms with E-state index in [1.54, 1.807) is 36.4 Å². The third kappa shape index (κ3) is 8.65. The van der Waals surface area contributed by atoms with Crippen molar-refractivity contribution in [2.75, 3.05) is 10.8 Å². The Hall–Kier alpha value is -4.50. The summed E-state index contributed by atoms with van der Waals surface area (Å²) in [5.41, 5.74) is 4.42. The standard InChI is InChI=1S/C38H42FN3O4S/c1-27-13-19-35(20-14-27)47(45,46)42(34-22-28(2)21-29(3)23-34)26-37(43)41(25-31-15-17-32(39)18-16-31)36(24-30-9-5-4-6-10-30)38(44)40-33-11-7-8-12-33/h4-6,9-10,13-23,33,36H,7-8,11-12,24-26H2,1-3H3,(H,40,44). The zero-order valence-corrected chi connectivity index (χ0v) is 28.0. The third-order valence-electron chi connectivity index (χ3n) is 8.62. The second kappa shape index (κ2) is 14.9. The number of hydrogen-bond acceptors (Lipinski definition) is 4. The average Bonchev–Trinajstić information content (AvgIpc) is 3.55. The van der Waals surface area contributed by atoms with Crippen LogP contribution < -0.4 is 9.62 Å². The summed E-state index contributed by atoms with van der Waals surface area (Å²) in [4.78, 5) is 30.2. The highest BCUT2D eigenvalue weighted by Gasteiger charge is 2.35. The smallest absolute Gasteiger partial charge is 0.264 e. The molecule has 246 valence electrons. The van der Waals surface area contributed by atoms with Crippen LogP contribution in [0.5, 0.6) is 0 Å². The number of carbonyl (C=O) groups excluding carboxylic acids is 2. The van der Waals surface area contributed by atoms with Gasteiger partial charge in [-0.2, -0.15) is 0 Å². The molecule has 1 fully saturated rings. The van der Waals surface area contributed by atoms with Gasteiger partial charge < -0.3 is 10.2 Å². The number of hydrogen-bond donors (Lipinski definition) is 1. The molecule has 0 bridgehead atoms. The van der Waals surface area contributed by atoms with Crippen LogP contribution in [0, 0.1) is 26.6 Å². The molecule has 9 heteroatoms. The van der Waals surface area contributed by atoms with E-state index in [2.05, 4.69) is 5.32 Å². The molecular weight excluding hydrogens is 614 g/mol. The van der Waals surface area contributed by atoms with Crippen LogP contribution in [0.15, 0.2) is 102 Å². The number of anilines is 1. The Kier molecular flexibility index (Phi) is 10.8. The Morgan fingerprint density at radius 1 is 0.809 bits per heavy atom. The van der Waals surface area contributed by atoms with E-state index in [-0.39, 0.29) is 29.8 Å². The minimum absolute atomic E-state index is 0.0113. The summed E-state index contributed by atoms with van der Waals surface area (Å²) in [6.45, 7) is 5.07. The number of aryl methyl sites for hydroxylation is 3. The van der Waals surface area contributed by atoms with Crippen LogP contribution in [-0.4, -0.2) is 43.8 Å². The van der Waals surface area contributed by atoms with Gasteiger partial charge in [-0.15, -0.1) is 0 Å². The van der Waals surface area contributed by atoms with Gasteiger partial charge in [-0.25, -0.2) is 12.8 Å². The van der Waals surface area contributed by atoms with Crippen LogP contribution >= 0.6 is 0 Å². The number of rotatable bonds is 12. The Bertz CT molecular complexity index is 1770. The molecule has 1 atom stereocenters. The molecule has 0 spiro atoms. The highest BCUT2D eigenvalue weighted by Crippen LogP contribution is 2.28. The summed E-state index contributed by atoms with van der Waals surface area (Å²) in [5.74, 6) is -1.26. The van der Waals surface area contributed by atoms with Gasteiger partial charge in [0, 0.05) is 19.0 Å². The Labute approximate surface area is 277 Å². The third-order valence-corrected chi connectivity index (χ3v) is 10.4. The molecule has 1 aliphatic rings. The van der Waals surface area contributed by atoms with Gasteiger partial charge in [-0.1, -0.05) is 79.1 Å². The average molecular weight is 656 g/mol. The largest absolute Gasteiger partial charge is 0.352 e. The zero-order valence-electron chi connectivity index (χ0n) is 27.2. The summed E-state index contributed by atoms with van der Waals surface area (Å²) in [5, 5.41) is 3.17. The first-order valence-corrected chi connectivity index (χ1v) is 17.5. The summed E-state index contributed by atoms with van der Waals surface area (Å²) < 4.78 is 43.6. The van der Waals surface area contributed by atoms with E-state index >= 15 is 0 Å². The van der Waals surface area contributed by atoms with Crippen LogP contribution in [0.1, 0.15) is 53.5 Å². The minimum atomic E-state index is -4.20. The number of sulfonamides is 1. The molecule has 0 radical (unpaired) electrons. The topological polar surface area (TPSA) is 86.8 Å². The highest BCUT2D eigenvalue weighted by atomic mass is 32.2. The first-order valence-electron chi connectivity index (χ1n) is 16.1. The molecule has 7 nitrogen and oxygen atoms in total. The Morgan fingerprint density at radius 3 is 2.04 bits per heavy atom. The first kappa shape index (κ1) is 33.9. The van der Waals surface area contributed by atoms with Crippen LogP contribution in [0.3, 0.4) is 0 Å². The molecule has 5 rings (SSSR count). The van der Waals surface area contributed by atoms with Crippen LogP contribution in [0.4, 0.5) is 10.1 Å². The fourth-order valence-electron chi connectivity index (χ4n) is 6.17. The number of benzene rings is 4. The second-order valence-corrected chi connectivity index (χ2v) is 14.4. The second-order valence-electron chi connectivity index (χ2n) is 12.5. The molecule has 1 saturated carbocycles. The SMILES string of the molecule is Cc1ccc(S(=O)(=O)N(CC(=O)N(Cc2ccc(F)cc2)C(Cc2ccccc2)C(=O)NC2CCCC2)c2cc(C)cc(C)c2)cc1. The highest BCUT2D eigenvalue weighted by molar-refractivity contribution is 7.92. The van der Waals surface area contributed by atoms with Crippen molar-refractivity contribution in [1.82, 2.24) is 10.2 Å². The number of amides is 2. The van der Waals surface area contributed by atoms with Crippen LogP contribution in [0.2, 0.25) is 0 Å². The molecule has 0 saturated heterocycles. The molecule has 4 aromatic carbocycles. The van der Waals surface area contributed by atoms with Gasteiger partial charge in [-0.3, -0.25) is 13.9 Å². The van der Waals surface area contributed by atoms with Crippen molar-refractivity contribution < 1.29 is 22.4 Å². The lowest BCUT2D eigenvalue weighted by Crippen LogP contribution is -2.54. The van der Waals surface area contributed by atoms with Crippen LogP contribution in [-0.2, 0) is 32.6 Å². The number of halogens is 1. The Morgan fingerprint density at radius 2 is 1.43 bits per heavy atom. The lowest BCUT2D eigenvalue weighted by Gasteiger charge is -2.34. The predicted molar refractivity (Wildman–Crippen MR) is 183 cm³/mol. The number of nitrogens with one attached hydrogen (secondary N) is 1. The molecule has 0 aromatic heterocycles. The maximum Gasteiger partial charge on any atom is 0.264 e. The summed E-state index contributed by atoms with van der Waals surface area (Å²) in [6, 6.07) is 26.2. The lowest BCUT2D eigenvalue weighted by molar-refractivity contribution is -0.140. The number of carbonyl (C=O) groups is 2. The summed E-state index contributed by atoms with van der Waals surface area (Å²) >= 11 is 0. The molecular formula is C38H42FN3O4S. The number of nitrogens with zero attached hydrogens (tertiary/aromatic N) is 2. The van der Waals surface area contributed by atoms with Crippen molar-refractivity contribution in [3.8, 4) is 0 Å². The molecule has 0 aliphatic heterocycles.